The van der Waals surface area contributed by atoms with Gasteiger partial charge in [0.2, 0.25) is 0 Å². The van der Waals surface area contributed by atoms with Crippen LogP contribution in [0.2, 0.25) is 0 Å². The molecular formula is C19H19N2. The van der Waals surface area contributed by atoms with Crippen molar-refractivity contribution in [2.24, 2.45) is 0 Å². The normalized spacial score (nSPS) is 14.6. The summed E-state index contributed by atoms with van der Waals surface area (Å²) < 4.78 is 0. The maximum Gasteiger partial charge on any atom is 0.0391 e. The molecule has 0 spiro atoms. The third-order valence-electron chi connectivity index (χ3n) is 3.56. The van der Waals surface area contributed by atoms with Crippen LogP contribution in [0.5, 0.6) is 0 Å². The minimum absolute atomic E-state index is 0.932. The first-order chi connectivity index (χ1) is 10.3. The van der Waals surface area contributed by atoms with Crippen LogP contribution in [-0.4, -0.2) is 0 Å². The topological polar surface area (TPSA) is 24.1 Å². The Morgan fingerprint density at radius 2 is 1.33 bits per heavy atom. The summed E-state index contributed by atoms with van der Waals surface area (Å²) in [4.78, 5) is 0. The molecule has 1 radical (unpaired) electrons. The summed E-state index contributed by atoms with van der Waals surface area (Å²) in [5.74, 6) is 0. The van der Waals surface area contributed by atoms with Crippen LogP contribution in [0.4, 0.5) is 11.4 Å². The molecule has 0 saturated heterocycles. The van der Waals surface area contributed by atoms with Gasteiger partial charge in [0, 0.05) is 29.2 Å². The molecule has 0 fully saturated rings. The second-order valence-electron chi connectivity index (χ2n) is 5.08. The van der Waals surface area contributed by atoms with E-state index in [2.05, 4.69) is 54.3 Å². The fourth-order valence-electron chi connectivity index (χ4n) is 2.39. The van der Waals surface area contributed by atoms with E-state index in [1.165, 1.54) is 17.0 Å². The SMILES string of the molecule is CC1=C(Nc2ccccc2)[CH]CC=C1Nc1ccccc1. The fourth-order valence-corrected chi connectivity index (χ4v) is 2.39. The molecule has 0 saturated carbocycles. The van der Waals surface area contributed by atoms with Gasteiger partial charge in [-0.15, -0.1) is 0 Å². The summed E-state index contributed by atoms with van der Waals surface area (Å²) in [6, 6.07) is 20.5. The Bertz CT molecular complexity index is 654. The van der Waals surface area contributed by atoms with Crippen LogP contribution in [0.15, 0.2) is 83.7 Å². The minimum Gasteiger partial charge on any atom is -0.358 e. The van der Waals surface area contributed by atoms with Gasteiger partial charge in [0.25, 0.3) is 0 Å². The number of hydrogen-bond donors (Lipinski definition) is 2. The lowest BCUT2D eigenvalue weighted by molar-refractivity contribution is 1.09. The summed E-state index contributed by atoms with van der Waals surface area (Å²) in [6.07, 6.45) is 5.37. The molecule has 0 unspecified atom stereocenters. The molecular weight excluding hydrogens is 256 g/mol. The van der Waals surface area contributed by atoms with Crippen LogP contribution < -0.4 is 10.6 Å². The van der Waals surface area contributed by atoms with Crippen molar-refractivity contribution in [3.8, 4) is 0 Å². The monoisotopic (exact) mass is 275 g/mol. The van der Waals surface area contributed by atoms with E-state index < -0.39 is 0 Å². The number of nitrogens with one attached hydrogen (secondary N) is 2. The van der Waals surface area contributed by atoms with Crippen LogP contribution in [0, 0.1) is 6.42 Å². The van der Waals surface area contributed by atoms with E-state index in [0.717, 1.165) is 17.8 Å². The van der Waals surface area contributed by atoms with Crippen molar-refractivity contribution in [3.05, 3.63) is 90.1 Å². The number of anilines is 2. The maximum absolute atomic E-state index is 3.49. The lowest BCUT2D eigenvalue weighted by Crippen LogP contribution is -2.12. The van der Waals surface area contributed by atoms with Gasteiger partial charge in [-0.1, -0.05) is 42.5 Å². The van der Waals surface area contributed by atoms with Gasteiger partial charge in [0.1, 0.15) is 0 Å². The molecule has 2 N–H and O–H groups in total. The molecule has 2 heteroatoms. The Balaban J connectivity index is 1.78. The number of para-hydroxylation sites is 2. The quantitative estimate of drug-likeness (QED) is 0.822. The van der Waals surface area contributed by atoms with E-state index >= 15 is 0 Å². The molecule has 1 aliphatic carbocycles. The van der Waals surface area contributed by atoms with Crippen LogP contribution in [0.3, 0.4) is 0 Å². The number of allylic oxidation sites excluding steroid dienone is 3. The lowest BCUT2D eigenvalue weighted by Gasteiger charge is -2.22. The Hall–Kier alpha value is -2.48. The number of benzene rings is 2. The van der Waals surface area contributed by atoms with Gasteiger partial charge in [-0.3, -0.25) is 0 Å². The predicted octanol–water partition coefficient (Wildman–Crippen LogP) is 4.98. The van der Waals surface area contributed by atoms with Gasteiger partial charge in [-0.25, -0.2) is 0 Å². The van der Waals surface area contributed by atoms with Gasteiger partial charge in [-0.05, 0) is 43.2 Å². The molecule has 2 nitrogen and oxygen atoms in total. The van der Waals surface area contributed by atoms with Crippen molar-refractivity contribution in [1.29, 1.82) is 0 Å². The zero-order valence-corrected chi connectivity index (χ0v) is 12.1. The molecule has 21 heavy (non-hydrogen) atoms. The highest BCUT2D eigenvalue weighted by Gasteiger charge is 2.13. The van der Waals surface area contributed by atoms with Crippen molar-refractivity contribution in [2.45, 2.75) is 13.3 Å². The van der Waals surface area contributed by atoms with Crippen molar-refractivity contribution in [2.75, 3.05) is 10.6 Å². The Morgan fingerprint density at radius 3 is 1.95 bits per heavy atom. The maximum atomic E-state index is 3.49. The number of rotatable bonds is 4. The van der Waals surface area contributed by atoms with Gasteiger partial charge in [0.05, 0.1) is 0 Å². The van der Waals surface area contributed by atoms with E-state index in [1.807, 2.05) is 36.4 Å². The fraction of sp³-hybridized carbons (Fsp3) is 0.105. The average molecular weight is 275 g/mol. The van der Waals surface area contributed by atoms with Crippen molar-refractivity contribution in [3.63, 3.8) is 0 Å². The lowest BCUT2D eigenvalue weighted by atomic mass is 10.0. The van der Waals surface area contributed by atoms with E-state index in [0.29, 0.717) is 0 Å². The van der Waals surface area contributed by atoms with Gasteiger partial charge in [0.15, 0.2) is 0 Å². The number of hydrogen-bond acceptors (Lipinski definition) is 2. The van der Waals surface area contributed by atoms with Crippen LogP contribution >= 0.6 is 0 Å². The van der Waals surface area contributed by atoms with E-state index in [1.54, 1.807) is 0 Å². The van der Waals surface area contributed by atoms with Crippen LogP contribution in [0.25, 0.3) is 0 Å². The third-order valence-corrected chi connectivity index (χ3v) is 3.56. The second kappa shape index (κ2) is 6.31. The summed E-state index contributed by atoms with van der Waals surface area (Å²) in [5, 5.41) is 6.98. The first kappa shape index (κ1) is 13.5. The first-order valence-corrected chi connectivity index (χ1v) is 7.22. The molecule has 1 aliphatic rings. The average Bonchev–Trinajstić information content (AvgIpc) is 2.53. The zero-order chi connectivity index (χ0) is 14.5. The summed E-state index contributed by atoms with van der Waals surface area (Å²) in [6.45, 7) is 2.14. The smallest absolute Gasteiger partial charge is 0.0391 e. The van der Waals surface area contributed by atoms with Crippen molar-refractivity contribution in [1.82, 2.24) is 0 Å². The highest BCUT2D eigenvalue weighted by atomic mass is 14.9. The van der Waals surface area contributed by atoms with Crippen molar-refractivity contribution >= 4 is 11.4 Å². The second-order valence-corrected chi connectivity index (χ2v) is 5.08. The summed E-state index contributed by atoms with van der Waals surface area (Å²) in [7, 11) is 0. The molecule has 0 bridgehead atoms. The van der Waals surface area contributed by atoms with Gasteiger partial charge >= 0.3 is 0 Å². The first-order valence-electron chi connectivity index (χ1n) is 7.22. The highest BCUT2D eigenvalue weighted by Crippen LogP contribution is 2.26. The Labute approximate surface area is 126 Å². The standard InChI is InChI=1S/C19H19N2/c1-15-18(20-16-9-4-2-5-10-16)13-8-14-19(15)21-17-11-6-3-7-12-17/h2-7,9-14,20-21H,8H2,1H3. The molecule has 2 aromatic rings. The molecule has 2 aromatic carbocycles. The molecule has 105 valence electrons. The van der Waals surface area contributed by atoms with Crippen LogP contribution in [0.1, 0.15) is 13.3 Å². The molecule has 0 heterocycles. The molecule has 0 aromatic heterocycles. The highest BCUT2D eigenvalue weighted by molar-refractivity contribution is 5.60. The van der Waals surface area contributed by atoms with Gasteiger partial charge in [-0.2, -0.15) is 0 Å². The molecule has 0 atom stereocenters. The Kier molecular flexibility index (Phi) is 4.06. The largest absolute Gasteiger partial charge is 0.358 e. The van der Waals surface area contributed by atoms with E-state index in [9.17, 15) is 0 Å². The summed E-state index contributed by atoms with van der Waals surface area (Å²) >= 11 is 0. The Morgan fingerprint density at radius 1 is 0.762 bits per heavy atom. The van der Waals surface area contributed by atoms with Gasteiger partial charge < -0.3 is 10.6 Å². The van der Waals surface area contributed by atoms with E-state index in [-0.39, 0.29) is 0 Å². The van der Waals surface area contributed by atoms with Crippen LogP contribution in [-0.2, 0) is 0 Å². The minimum atomic E-state index is 0.932. The van der Waals surface area contributed by atoms with Crippen molar-refractivity contribution < 1.29 is 0 Å². The zero-order valence-electron chi connectivity index (χ0n) is 12.1. The van der Waals surface area contributed by atoms with E-state index in [4.69, 9.17) is 0 Å². The summed E-state index contributed by atoms with van der Waals surface area (Å²) in [5.41, 5.74) is 5.80. The third kappa shape index (κ3) is 3.34. The molecule has 0 amide bonds. The predicted molar refractivity (Wildman–Crippen MR) is 89.8 cm³/mol. The molecule has 3 rings (SSSR count). The molecule has 0 aliphatic heterocycles.